The first-order valence-corrected chi connectivity index (χ1v) is 7.86. The molecule has 2 N–H and O–H groups in total. The predicted molar refractivity (Wildman–Crippen MR) is 98.2 cm³/mol. The van der Waals surface area contributed by atoms with Gasteiger partial charge in [0.05, 0.1) is 0 Å². The largest absolute Gasteiger partial charge is 0.477 e. The average molecular weight is 331 g/mol. The van der Waals surface area contributed by atoms with Gasteiger partial charge in [-0.15, -0.1) is 0 Å². The van der Waals surface area contributed by atoms with Crippen LogP contribution < -0.4 is 5.32 Å². The summed E-state index contributed by atoms with van der Waals surface area (Å²) in [7, 11) is 0. The van der Waals surface area contributed by atoms with E-state index in [0.717, 1.165) is 21.9 Å². The molecule has 0 bridgehead atoms. The number of nitrogens with one attached hydrogen (secondary N) is 1. The first-order valence-electron chi connectivity index (χ1n) is 7.86. The Labute approximate surface area is 145 Å². The minimum Gasteiger partial charge on any atom is -0.477 e. The zero-order chi connectivity index (χ0) is 17.8. The van der Waals surface area contributed by atoms with Gasteiger partial charge in [0.25, 0.3) is 5.91 Å². The van der Waals surface area contributed by atoms with Crippen molar-refractivity contribution in [3.8, 4) is 0 Å². The highest BCUT2D eigenvalue weighted by atomic mass is 16.4. The molecule has 0 radical (unpaired) electrons. The highest BCUT2D eigenvalue weighted by Crippen LogP contribution is 2.24. The van der Waals surface area contributed by atoms with E-state index in [2.05, 4.69) is 5.32 Å². The van der Waals surface area contributed by atoms with Crippen molar-refractivity contribution < 1.29 is 14.7 Å². The smallest absolute Gasteiger partial charge is 0.352 e. The number of aliphatic carboxylic acids is 1. The molecule has 0 aliphatic rings. The van der Waals surface area contributed by atoms with Gasteiger partial charge in [-0.2, -0.15) is 0 Å². The highest BCUT2D eigenvalue weighted by Gasteiger charge is 2.14. The molecular weight excluding hydrogens is 314 g/mol. The minimum atomic E-state index is -1.19. The van der Waals surface area contributed by atoms with Gasteiger partial charge in [-0.3, -0.25) is 4.79 Å². The van der Waals surface area contributed by atoms with Crippen LogP contribution in [-0.2, 0) is 4.79 Å². The maximum Gasteiger partial charge on any atom is 0.352 e. The fraction of sp³-hybridized carbons (Fsp3) is 0.0476. The molecule has 0 unspecified atom stereocenters. The molecule has 0 atom stereocenters. The number of fused-ring (bicyclic) bond motifs is 1. The van der Waals surface area contributed by atoms with E-state index in [0.29, 0.717) is 5.56 Å². The Morgan fingerprint density at radius 1 is 0.880 bits per heavy atom. The Kier molecular flexibility index (Phi) is 4.61. The van der Waals surface area contributed by atoms with E-state index >= 15 is 0 Å². The second kappa shape index (κ2) is 7.01. The summed E-state index contributed by atoms with van der Waals surface area (Å²) in [4.78, 5) is 23.8. The summed E-state index contributed by atoms with van der Waals surface area (Å²) in [6, 6.07) is 20.1. The van der Waals surface area contributed by atoms with Crippen molar-refractivity contribution in [3.05, 3.63) is 89.1 Å². The number of amides is 1. The molecule has 3 aromatic carbocycles. The SMILES string of the molecule is Cc1ccc(C=C(NC(=O)c2ccccc2)C(=O)O)c2ccccc12. The Balaban J connectivity index is 2.00. The zero-order valence-electron chi connectivity index (χ0n) is 13.7. The molecule has 0 fully saturated rings. The Morgan fingerprint density at radius 3 is 2.20 bits per heavy atom. The van der Waals surface area contributed by atoms with E-state index in [1.54, 1.807) is 30.3 Å². The van der Waals surface area contributed by atoms with E-state index in [1.807, 2.05) is 43.3 Å². The van der Waals surface area contributed by atoms with Gasteiger partial charge in [0.15, 0.2) is 0 Å². The number of carbonyl (C=O) groups excluding carboxylic acids is 1. The number of carbonyl (C=O) groups is 2. The molecule has 0 saturated carbocycles. The van der Waals surface area contributed by atoms with Crippen LogP contribution in [0.15, 0.2) is 72.4 Å². The van der Waals surface area contributed by atoms with Gasteiger partial charge >= 0.3 is 5.97 Å². The van der Waals surface area contributed by atoms with Crippen molar-refractivity contribution in [2.45, 2.75) is 6.92 Å². The highest BCUT2D eigenvalue weighted by molar-refractivity contribution is 6.04. The van der Waals surface area contributed by atoms with E-state index in [4.69, 9.17) is 0 Å². The van der Waals surface area contributed by atoms with Crippen molar-refractivity contribution in [1.82, 2.24) is 5.32 Å². The van der Waals surface area contributed by atoms with Gasteiger partial charge in [0.2, 0.25) is 0 Å². The summed E-state index contributed by atoms with van der Waals surface area (Å²) in [5.74, 6) is -1.64. The van der Waals surface area contributed by atoms with Crippen LogP contribution in [0.5, 0.6) is 0 Å². The lowest BCUT2D eigenvalue weighted by Crippen LogP contribution is -2.27. The lowest BCUT2D eigenvalue weighted by atomic mass is 9.99. The summed E-state index contributed by atoms with van der Waals surface area (Å²) in [6.07, 6.45) is 1.49. The lowest BCUT2D eigenvalue weighted by Gasteiger charge is -2.09. The fourth-order valence-corrected chi connectivity index (χ4v) is 2.69. The third kappa shape index (κ3) is 3.58. The number of benzene rings is 3. The first kappa shape index (κ1) is 16.5. The van der Waals surface area contributed by atoms with Crippen molar-refractivity contribution in [2.75, 3.05) is 0 Å². The first-order chi connectivity index (χ1) is 12.1. The Morgan fingerprint density at radius 2 is 1.52 bits per heavy atom. The molecular formula is C21H17NO3. The molecule has 4 heteroatoms. The molecule has 1 amide bonds. The number of hydrogen-bond acceptors (Lipinski definition) is 2. The maximum atomic E-state index is 12.3. The van der Waals surface area contributed by atoms with Crippen LogP contribution in [0.2, 0.25) is 0 Å². The molecule has 25 heavy (non-hydrogen) atoms. The number of rotatable bonds is 4. The van der Waals surface area contributed by atoms with Crippen LogP contribution in [0.3, 0.4) is 0 Å². The summed E-state index contributed by atoms with van der Waals surface area (Å²) in [5.41, 5.74) is 2.09. The predicted octanol–water partition coefficient (Wildman–Crippen LogP) is 4.00. The van der Waals surface area contributed by atoms with E-state index in [-0.39, 0.29) is 5.70 Å². The lowest BCUT2D eigenvalue weighted by molar-refractivity contribution is -0.132. The molecule has 0 saturated heterocycles. The quantitative estimate of drug-likeness (QED) is 0.710. The van der Waals surface area contributed by atoms with Crippen molar-refractivity contribution in [3.63, 3.8) is 0 Å². The van der Waals surface area contributed by atoms with Gasteiger partial charge in [-0.25, -0.2) is 4.79 Å². The van der Waals surface area contributed by atoms with Crippen molar-refractivity contribution in [2.24, 2.45) is 0 Å². The monoisotopic (exact) mass is 331 g/mol. The third-order valence-corrected chi connectivity index (χ3v) is 3.99. The standard InChI is InChI=1S/C21H17NO3/c1-14-11-12-16(18-10-6-5-9-17(14)18)13-19(21(24)25)22-20(23)15-7-3-2-4-8-15/h2-13H,1H3,(H,22,23)(H,24,25). The second-order valence-electron chi connectivity index (χ2n) is 5.70. The average Bonchev–Trinajstić information content (AvgIpc) is 2.64. The van der Waals surface area contributed by atoms with E-state index < -0.39 is 11.9 Å². The number of carboxylic acids is 1. The Bertz CT molecular complexity index is 975. The third-order valence-electron chi connectivity index (χ3n) is 3.99. The number of carboxylic acid groups (broad SMARTS) is 1. The summed E-state index contributed by atoms with van der Waals surface area (Å²) >= 11 is 0. The van der Waals surface area contributed by atoms with Gasteiger partial charge < -0.3 is 10.4 Å². The summed E-state index contributed by atoms with van der Waals surface area (Å²) in [5, 5.41) is 13.9. The number of hydrogen-bond donors (Lipinski definition) is 2. The number of aryl methyl sites for hydroxylation is 1. The van der Waals surface area contributed by atoms with Crippen LogP contribution in [0, 0.1) is 6.92 Å². The van der Waals surface area contributed by atoms with Crippen LogP contribution in [0.1, 0.15) is 21.5 Å². The molecule has 4 nitrogen and oxygen atoms in total. The molecule has 0 aromatic heterocycles. The molecule has 124 valence electrons. The van der Waals surface area contributed by atoms with Gasteiger partial charge in [0.1, 0.15) is 5.70 Å². The molecule has 3 rings (SSSR count). The second-order valence-corrected chi connectivity index (χ2v) is 5.70. The van der Waals surface area contributed by atoms with Crippen molar-refractivity contribution >= 4 is 28.7 Å². The van der Waals surface area contributed by atoms with E-state index in [9.17, 15) is 14.7 Å². The van der Waals surface area contributed by atoms with Gasteiger partial charge in [0, 0.05) is 5.56 Å². The summed E-state index contributed by atoms with van der Waals surface area (Å²) < 4.78 is 0. The zero-order valence-corrected chi connectivity index (χ0v) is 13.7. The minimum absolute atomic E-state index is 0.164. The molecule has 0 aliphatic heterocycles. The van der Waals surface area contributed by atoms with Crippen LogP contribution >= 0.6 is 0 Å². The molecule has 0 heterocycles. The van der Waals surface area contributed by atoms with Crippen LogP contribution in [-0.4, -0.2) is 17.0 Å². The van der Waals surface area contributed by atoms with Gasteiger partial charge in [-0.05, 0) is 47.0 Å². The fourth-order valence-electron chi connectivity index (χ4n) is 2.69. The van der Waals surface area contributed by atoms with Crippen molar-refractivity contribution in [1.29, 1.82) is 0 Å². The molecule has 0 aliphatic carbocycles. The molecule has 3 aromatic rings. The Hall–Kier alpha value is -3.40. The van der Waals surface area contributed by atoms with Crippen LogP contribution in [0.25, 0.3) is 16.8 Å². The van der Waals surface area contributed by atoms with Crippen LogP contribution in [0.4, 0.5) is 0 Å². The molecule has 0 spiro atoms. The normalized spacial score (nSPS) is 11.3. The topological polar surface area (TPSA) is 66.4 Å². The van der Waals surface area contributed by atoms with Gasteiger partial charge in [-0.1, -0.05) is 54.6 Å². The summed E-state index contributed by atoms with van der Waals surface area (Å²) in [6.45, 7) is 2.01. The van der Waals surface area contributed by atoms with E-state index in [1.165, 1.54) is 6.08 Å². The maximum absolute atomic E-state index is 12.3.